The minimum Gasteiger partial charge on any atom is -0.295 e. The molecule has 1 aliphatic heterocycles. The van der Waals surface area contributed by atoms with E-state index in [0.29, 0.717) is 11.3 Å². The number of ketones is 1. The molecule has 1 heterocycles. The summed E-state index contributed by atoms with van der Waals surface area (Å²) in [5.74, 6) is -1.88. The third-order valence-electron chi connectivity index (χ3n) is 7.10. The molecule has 0 saturated carbocycles. The van der Waals surface area contributed by atoms with Gasteiger partial charge in [-0.1, -0.05) is 92.5 Å². The van der Waals surface area contributed by atoms with Crippen LogP contribution in [0.25, 0.3) is 0 Å². The monoisotopic (exact) mass is 549 g/mol. The molecule has 4 nitrogen and oxygen atoms in total. The summed E-state index contributed by atoms with van der Waals surface area (Å²) in [6.07, 6.45) is 0. The molecule has 158 valence electrons. The first-order valence-electron chi connectivity index (χ1n) is 10.4. The molecule has 0 aromatic heterocycles. The maximum atomic E-state index is 14.0. The summed E-state index contributed by atoms with van der Waals surface area (Å²) in [6, 6.07) is 22.7. The molecule has 3 aliphatic carbocycles. The predicted molar refractivity (Wildman–Crippen MR) is 128 cm³/mol. The van der Waals surface area contributed by atoms with Crippen molar-refractivity contribution in [1.29, 1.82) is 0 Å². The van der Waals surface area contributed by atoms with Gasteiger partial charge in [0.15, 0.2) is 5.78 Å². The first-order valence-corrected chi connectivity index (χ1v) is 12.0. The lowest BCUT2D eigenvalue weighted by atomic mass is 9.54. The van der Waals surface area contributed by atoms with E-state index in [2.05, 4.69) is 31.9 Å². The Morgan fingerprint density at radius 3 is 1.59 bits per heavy atom. The highest BCUT2D eigenvalue weighted by Gasteiger charge is 2.72. The van der Waals surface area contributed by atoms with E-state index in [1.165, 1.54) is 11.8 Å². The zero-order valence-electron chi connectivity index (χ0n) is 17.0. The highest BCUT2D eigenvalue weighted by Crippen LogP contribution is 2.70. The number of Topliss-reactive ketones (excluding diaryl/α,β-unsaturated/α-hetero) is 1. The van der Waals surface area contributed by atoms with E-state index in [1.807, 2.05) is 48.5 Å². The predicted octanol–water partition coefficient (Wildman–Crippen LogP) is 5.30. The van der Waals surface area contributed by atoms with Gasteiger partial charge in [0.2, 0.25) is 11.8 Å². The SMILES string of the molecule is CC(=O)c1cccc(N2C(=O)[C@@H]3[C@@H](C2=O)C2(Br)c4ccccc4C3(Br)c3ccccc32)c1. The van der Waals surface area contributed by atoms with E-state index < -0.39 is 20.5 Å². The summed E-state index contributed by atoms with van der Waals surface area (Å²) in [6.45, 7) is 1.47. The maximum Gasteiger partial charge on any atom is 0.239 e. The topological polar surface area (TPSA) is 54.5 Å². The van der Waals surface area contributed by atoms with E-state index in [9.17, 15) is 14.4 Å². The molecule has 32 heavy (non-hydrogen) atoms. The number of hydrogen-bond donors (Lipinski definition) is 0. The van der Waals surface area contributed by atoms with Crippen molar-refractivity contribution in [2.75, 3.05) is 4.90 Å². The molecule has 2 amide bonds. The van der Waals surface area contributed by atoms with Crippen LogP contribution in [-0.4, -0.2) is 17.6 Å². The average molecular weight is 551 g/mol. The first kappa shape index (κ1) is 20.1. The summed E-state index contributed by atoms with van der Waals surface area (Å²) in [4.78, 5) is 41.1. The molecule has 2 atom stereocenters. The van der Waals surface area contributed by atoms with Crippen LogP contribution in [0.1, 0.15) is 39.5 Å². The molecule has 6 heteroatoms. The number of halogens is 2. The van der Waals surface area contributed by atoms with Crippen LogP contribution in [0, 0.1) is 11.8 Å². The van der Waals surface area contributed by atoms with Crippen LogP contribution in [0.4, 0.5) is 5.69 Å². The summed E-state index contributed by atoms with van der Waals surface area (Å²) in [7, 11) is 0. The van der Waals surface area contributed by atoms with Gasteiger partial charge in [0.1, 0.15) is 0 Å². The molecule has 2 bridgehead atoms. The minimum absolute atomic E-state index is 0.114. The van der Waals surface area contributed by atoms with E-state index in [1.54, 1.807) is 24.3 Å². The van der Waals surface area contributed by atoms with Gasteiger partial charge >= 0.3 is 0 Å². The summed E-state index contributed by atoms with van der Waals surface area (Å²) in [5, 5.41) is 0. The van der Waals surface area contributed by atoms with Gasteiger partial charge in [0, 0.05) is 5.56 Å². The Labute approximate surface area is 201 Å². The van der Waals surface area contributed by atoms with Crippen molar-refractivity contribution in [3.05, 3.63) is 101 Å². The lowest BCUT2D eigenvalue weighted by molar-refractivity contribution is -0.122. The van der Waals surface area contributed by atoms with Crippen LogP contribution in [0.15, 0.2) is 72.8 Å². The Kier molecular flexibility index (Phi) is 4.07. The quantitative estimate of drug-likeness (QED) is 0.247. The number of alkyl halides is 2. The molecule has 1 saturated heterocycles. The minimum atomic E-state index is -0.819. The van der Waals surface area contributed by atoms with Crippen LogP contribution in [-0.2, 0) is 18.2 Å². The lowest BCUT2D eigenvalue weighted by Gasteiger charge is -2.55. The second-order valence-corrected chi connectivity index (χ2v) is 11.1. The van der Waals surface area contributed by atoms with Gasteiger partial charge in [-0.3, -0.25) is 14.4 Å². The van der Waals surface area contributed by atoms with Crippen molar-refractivity contribution in [3.63, 3.8) is 0 Å². The number of carbonyl (C=O) groups is 3. The van der Waals surface area contributed by atoms with Gasteiger partial charge in [-0.25, -0.2) is 4.90 Å². The van der Waals surface area contributed by atoms with E-state index in [4.69, 9.17) is 0 Å². The zero-order valence-corrected chi connectivity index (χ0v) is 20.2. The number of rotatable bonds is 2. The van der Waals surface area contributed by atoms with Gasteiger partial charge in [0.25, 0.3) is 0 Å². The molecule has 1 fully saturated rings. The largest absolute Gasteiger partial charge is 0.295 e. The highest BCUT2D eigenvalue weighted by atomic mass is 79.9. The fourth-order valence-electron chi connectivity index (χ4n) is 5.79. The fourth-order valence-corrected chi connectivity index (χ4v) is 8.09. The number of nitrogens with zero attached hydrogens (tertiary/aromatic N) is 1. The van der Waals surface area contributed by atoms with Crippen molar-refractivity contribution in [2.24, 2.45) is 11.8 Å². The molecule has 4 aliphatic rings. The number of imide groups is 1. The smallest absolute Gasteiger partial charge is 0.239 e. The van der Waals surface area contributed by atoms with Gasteiger partial charge < -0.3 is 0 Å². The van der Waals surface area contributed by atoms with Gasteiger partial charge in [-0.05, 0) is 41.3 Å². The van der Waals surface area contributed by atoms with Crippen molar-refractivity contribution >= 4 is 55.1 Å². The Bertz CT molecular complexity index is 1240. The van der Waals surface area contributed by atoms with Crippen molar-refractivity contribution in [2.45, 2.75) is 15.6 Å². The summed E-state index contributed by atoms with van der Waals surface area (Å²) < 4.78 is -1.64. The van der Waals surface area contributed by atoms with Crippen molar-refractivity contribution in [3.8, 4) is 0 Å². The van der Waals surface area contributed by atoms with Crippen LogP contribution >= 0.6 is 31.9 Å². The van der Waals surface area contributed by atoms with Crippen LogP contribution in [0.3, 0.4) is 0 Å². The normalized spacial score (nSPS) is 29.5. The number of amides is 2. The lowest BCUT2D eigenvalue weighted by Crippen LogP contribution is -2.56. The molecule has 3 aromatic carbocycles. The van der Waals surface area contributed by atoms with Crippen LogP contribution in [0.2, 0.25) is 0 Å². The molecule has 0 radical (unpaired) electrons. The molecule has 7 rings (SSSR count). The van der Waals surface area contributed by atoms with E-state index in [0.717, 1.165) is 22.3 Å². The van der Waals surface area contributed by atoms with E-state index >= 15 is 0 Å². The Morgan fingerprint density at radius 1 is 0.750 bits per heavy atom. The third-order valence-corrected chi connectivity index (χ3v) is 9.79. The number of hydrogen-bond acceptors (Lipinski definition) is 3. The standard InChI is InChI=1S/C26H17Br2NO3/c1-14(30)15-7-6-8-16(13-15)29-23(31)21-22(24(29)32)26(28)18-10-3-2-9-17(18)25(21,27)19-11-4-5-12-20(19)26/h2-13,21-22H,1H3/t21-,22-,25?,26?/m0/s1. The van der Waals surface area contributed by atoms with Crippen molar-refractivity contribution < 1.29 is 14.4 Å². The second kappa shape index (κ2) is 6.49. The molecular weight excluding hydrogens is 534 g/mol. The third kappa shape index (κ3) is 2.20. The summed E-state index contributed by atoms with van der Waals surface area (Å²) in [5.41, 5.74) is 4.89. The Balaban J connectivity index is 1.63. The van der Waals surface area contributed by atoms with Gasteiger partial charge in [-0.15, -0.1) is 0 Å². The van der Waals surface area contributed by atoms with Crippen LogP contribution < -0.4 is 4.90 Å². The molecular formula is C26H17Br2NO3. The number of carbonyl (C=O) groups excluding carboxylic acids is 3. The molecule has 3 aromatic rings. The molecule has 0 spiro atoms. The fraction of sp³-hybridized carbons (Fsp3) is 0.192. The first-order chi connectivity index (χ1) is 15.3. The second-order valence-electron chi connectivity index (χ2n) is 8.59. The van der Waals surface area contributed by atoms with Crippen LogP contribution in [0.5, 0.6) is 0 Å². The number of anilines is 1. The Morgan fingerprint density at radius 2 is 1.19 bits per heavy atom. The number of benzene rings is 3. The zero-order chi connectivity index (χ0) is 22.4. The summed E-state index contributed by atoms with van der Waals surface area (Å²) >= 11 is 7.98. The van der Waals surface area contributed by atoms with Gasteiger partial charge in [0.05, 0.1) is 26.2 Å². The maximum absolute atomic E-state index is 14.0. The van der Waals surface area contributed by atoms with Crippen molar-refractivity contribution in [1.82, 2.24) is 0 Å². The van der Waals surface area contributed by atoms with E-state index in [-0.39, 0.29) is 17.6 Å². The highest BCUT2D eigenvalue weighted by molar-refractivity contribution is 9.10. The Hall–Kier alpha value is -2.57. The molecule has 0 unspecified atom stereocenters. The van der Waals surface area contributed by atoms with Gasteiger partial charge in [-0.2, -0.15) is 0 Å². The average Bonchev–Trinajstić information content (AvgIpc) is 3.08. The molecule has 0 N–H and O–H groups in total.